The van der Waals surface area contributed by atoms with E-state index in [4.69, 9.17) is 14.2 Å². The van der Waals surface area contributed by atoms with Crippen LogP contribution in [0.15, 0.2) is 24.3 Å². The van der Waals surface area contributed by atoms with Crippen LogP contribution in [0, 0.1) is 5.92 Å². The molecule has 0 spiro atoms. The molecule has 1 fully saturated rings. The number of hydrogen-bond donors (Lipinski definition) is 0. The lowest BCUT2D eigenvalue weighted by molar-refractivity contribution is -0.138. The van der Waals surface area contributed by atoms with E-state index in [2.05, 4.69) is 0 Å². The van der Waals surface area contributed by atoms with E-state index in [0.717, 1.165) is 38.0 Å². The topological polar surface area (TPSA) is 48.1 Å². The molecule has 2 atom stereocenters. The second-order valence-electron chi connectivity index (χ2n) is 5.50. The van der Waals surface area contributed by atoms with Crippen molar-refractivity contribution >= 4 is 5.97 Å². The standard InChI is InChI=1S/C17H24O4/c1-3-13(2)17(18)21-15-9-7-14(8-10-15)19-11-5-4-6-16-12-20-16/h7-10,13,16H,3-6,11-12H2,1-2H3. The second kappa shape index (κ2) is 8.03. The fraction of sp³-hybridized carbons (Fsp3) is 0.588. The smallest absolute Gasteiger partial charge is 0.314 e. The molecule has 0 bridgehead atoms. The summed E-state index contributed by atoms with van der Waals surface area (Å²) in [6.45, 7) is 5.47. The van der Waals surface area contributed by atoms with E-state index >= 15 is 0 Å². The van der Waals surface area contributed by atoms with E-state index in [1.54, 1.807) is 12.1 Å². The zero-order valence-electron chi connectivity index (χ0n) is 12.8. The first-order valence-electron chi connectivity index (χ1n) is 7.75. The average molecular weight is 292 g/mol. The van der Waals surface area contributed by atoms with Crippen molar-refractivity contribution in [1.29, 1.82) is 0 Å². The zero-order chi connectivity index (χ0) is 15.1. The van der Waals surface area contributed by atoms with Crippen LogP contribution in [0.25, 0.3) is 0 Å². The fourth-order valence-corrected chi connectivity index (χ4v) is 1.89. The minimum atomic E-state index is -0.187. The van der Waals surface area contributed by atoms with E-state index in [-0.39, 0.29) is 11.9 Å². The molecule has 0 N–H and O–H groups in total. The van der Waals surface area contributed by atoms with Crippen molar-refractivity contribution in [2.24, 2.45) is 5.92 Å². The molecular formula is C17H24O4. The second-order valence-corrected chi connectivity index (χ2v) is 5.50. The van der Waals surface area contributed by atoms with Crippen LogP contribution in [0.3, 0.4) is 0 Å². The summed E-state index contributed by atoms with van der Waals surface area (Å²) in [6.07, 6.45) is 4.59. The van der Waals surface area contributed by atoms with Gasteiger partial charge >= 0.3 is 5.97 Å². The SMILES string of the molecule is CCC(C)C(=O)Oc1ccc(OCCCCC2CO2)cc1. The first-order valence-corrected chi connectivity index (χ1v) is 7.75. The van der Waals surface area contributed by atoms with E-state index in [1.165, 1.54) is 0 Å². The number of epoxide rings is 1. The normalized spacial score (nSPS) is 18.1. The maximum Gasteiger partial charge on any atom is 0.314 e. The quantitative estimate of drug-likeness (QED) is 0.302. The third kappa shape index (κ3) is 5.76. The molecule has 116 valence electrons. The molecule has 1 aliphatic rings. The van der Waals surface area contributed by atoms with Crippen LogP contribution in [0.5, 0.6) is 11.5 Å². The summed E-state index contributed by atoms with van der Waals surface area (Å²) in [7, 11) is 0. The molecular weight excluding hydrogens is 268 g/mol. The predicted octanol–water partition coefficient (Wildman–Crippen LogP) is 3.59. The number of carbonyl (C=O) groups excluding carboxylic acids is 1. The van der Waals surface area contributed by atoms with Gasteiger partial charge in [0.25, 0.3) is 0 Å². The maximum atomic E-state index is 11.7. The molecule has 0 amide bonds. The molecule has 2 rings (SSSR count). The molecule has 4 heteroatoms. The molecule has 1 aromatic carbocycles. The van der Waals surface area contributed by atoms with Crippen LogP contribution >= 0.6 is 0 Å². The van der Waals surface area contributed by atoms with Crippen LogP contribution in [-0.4, -0.2) is 25.3 Å². The first-order chi connectivity index (χ1) is 10.2. The molecule has 4 nitrogen and oxygen atoms in total. The van der Waals surface area contributed by atoms with Gasteiger partial charge in [0.1, 0.15) is 11.5 Å². The molecule has 1 aliphatic heterocycles. The van der Waals surface area contributed by atoms with E-state index < -0.39 is 0 Å². The van der Waals surface area contributed by atoms with Crippen molar-refractivity contribution in [1.82, 2.24) is 0 Å². The summed E-state index contributed by atoms with van der Waals surface area (Å²) in [5.74, 6) is 1.12. The van der Waals surface area contributed by atoms with Crippen molar-refractivity contribution in [3.63, 3.8) is 0 Å². The minimum absolute atomic E-state index is 0.0728. The van der Waals surface area contributed by atoms with Gasteiger partial charge in [-0.15, -0.1) is 0 Å². The first kappa shape index (κ1) is 15.8. The monoisotopic (exact) mass is 292 g/mol. The minimum Gasteiger partial charge on any atom is -0.494 e. The molecule has 0 radical (unpaired) electrons. The number of rotatable bonds is 9. The number of carbonyl (C=O) groups is 1. The third-order valence-electron chi connectivity index (χ3n) is 3.65. The zero-order valence-corrected chi connectivity index (χ0v) is 12.8. The average Bonchev–Trinajstić information content (AvgIpc) is 3.32. The highest BCUT2D eigenvalue weighted by Crippen LogP contribution is 2.20. The summed E-state index contributed by atoms with van der Waals surface area (Å²) in [4.78, 5) is 11.7. The summed E-state index contributed by atoms with van der Waals surface area (Å²) in [5.41, 5.74) is 0. The van der Waals surface area contributed by atoms with Gasteiger partial charge in [-0.1, -0.05) is 13.8 Å². The molecule has 2 unspecified atom stereocenters. The van der Waals surface area contributed by atoms with Crippen molar-refractivity contribution in [2.45, 2.75) is 45.6 Å². The molecule has 1 aromatic rings. The Morgan fingerprint density at radius 1 is 1.29 bits per heavy atom. The van der Waals surface area contributed by atoms with Crippen LogP contribution in [0.1, 0.15) is 39.5 Å². The Kier molecular flexibility index (Phi) is 6.05. The number of unbranched alkanes of at least 4 members (excludes halogenated alkanes) is 1. The van der Waals surface area contributed by atoms with Gasteiger partial charge in [0.2, 0.25) is 0 Å². The van der Waals surface area contributed by atoms with E-state index in [0.29, 0.717) is 18.5 Å². The number of hydrogen-bond acceptors (Lipinski definition) is 4. The Morgan fingerprint density at radius 2 is 1.95 bits per heavy atom. The lowest BCUT2D eigenvalue weighted by atomic mass is 10.1. The van der Waals surface area contributed by atoms with Crippen molar-refractivity contribution in [2.75, 3.05) is 13.2 Å². The largest absolute Gasteiger partial charge is 0.494 e. The summed E-state index contributed by atoms with van der Waals surface area (Å²) in [6, 6.07) is 7.22. The molecule has 0 saturated carbocycles. The lowest BCUT2D eigenvalue weighted by Gasteiger charge is -2.10. The Morgan fingerprint density at radius 3 is 2.57 bits per heavy atom. The number of esters is 1. The highest BCUT2D eigenvalue weighted by Gasteiger charge is 2.20. The molecule has 1 heterocycles. The van der Waals surface area contributed by atoms with Gasteiger partial charge in [-0.3, -0.25) is 4.79 Å². The molecule has 21 heavy (non-hydrogen) atoms. The Balaban J connectivity index is 1.67. The van der Waals surface area contributed by atoms with Crippen LogP contribution < -0.4 is 9.47 Å². The van der Waals surface area contributed by atoms with Gasteiger partial charge < -0.3 is 14.2 Å². The van der Waals surface area contributed by atoms with Gasteiger partial charge in [0, 0.05) is 0 Å². The Hall–Kier alpha value is -1.55. The number of ether oxygens (including phenoxy) is 3. The highest BCUT2D eigenvalue weighted by atomic mass is 16.6. The van der Waals surface area contributed by atoms with E-state index in [9.17, 15) is 4.79 Å². The highest BCUT2D eigenvalue weighted by molar-refractivity contribution is 5.74. The molecule has 0 aromatic heterocycles. The van der Waals surface area contributed by atoms with Gasteiger partial charge in [-0.05, 0) is 49.9 Å². The van der Waals surface area contributed by atoms with Crippen LogP contribution in [-0.2, 0) is 9.53 Å². The van der Waals surface area contributed by atoms with Gasteiger partial charge in [-0.25, -0.2) is 0 Å². The number of benzene rings is 1. The molecule has 0 aliphatic carbocycles. The van der Waals surface area contributed by atoms with Crippen molar-refractivity contribution in [3.05, 3.63) is 24.3 Å². The Labute approximate surface area is 126 Å². The van der Waals surface area contributed by atoms with Crippen LogP contribution in [0.4, 0.5) is 0 Å². The van der Waals surface area contributed by atoms with Gasteiger partial charge in [-0.2, -0.15) is 0 Å². The predicted molar refractivity (Wildman–Crippen MR) is 80.6 cm³/mol. The van der Waals surface area contributed by atoms with Crippen molar-refractivity contribution < 1.29 is 19.0 Å². The van der Waals surface area contributed by atoms with Gasteiger partial charge in [0.15, 0.2) is 0 Å². The van der Waals surface area contributed by atoms with E-state index in [1.807, 2.05) is 26.0 Å². The molecule has 1 saturated heterocycles. The van der Waals surface area contributed by atoms with Gasteiger partial charge in [0.05, 0.1) is 25.2 Å². The maximum absolute atomic E-state index is 11.7. The van der Waals surface area contributed by atoms with Crippen molar-refractivity contribution in [3.8, 4) is 11.5 Å². The summed E-state index contributed by atoms with van der Waals surface area (Å²) >= 11 is 0. The lowest BCUT2D eigenvalue weighted by Crippen LogP contribution is -2.16. The Bertz CT molecular complexity index is 437. The summed E-state index contributed by atoms with van der Waals surface area (Å²) < 4.78 is 16.1. The fourth-order valence-electron chi connectivity index (χ4n) is 1.89. The summed E-state index contributed by atoms with van der Waals surface area (Å²) in [5, 5.41) is 0. The van der Waals surface area contributed by atoms with Crippen LogP contribution in [0.2, 0.25) is 0 Å². The third-order valence-corrected chi connectivity index (χ3v) is 3.65.